The molecule has 0 bridgehead atoms. The lowest BCUT2D eigenvalue weighted by Crippen LogP contribution is -2.01. The first kappa shape index (κ1) is 13.4. The minimum atomic E-state index is -0.382. The predicted molar refractivity (Wildman–Crippen MR) is 70.4 cm³/mol. The van der Waals surface area contributed by atoms with Gasteiger partial charge in [-0.05, 0) is 40.6 Å². The van der Waals surface area contributed by atoms with Gasteiger partial charge in [0.05, 0.1) is 4.24 Å². The van der Waals surface area contributed by atoms with Crippen molar-refractivity contribution in [3.8, 4) is 6.07 Å². The Labute approximate surface area is 110 Å². The lowest BCUT2D eigenvalue weighted by Gasteiger charge is -2.01. The molecule has 0 radical (unpaired) electrons. The molecule has 0 unspecified atom stereocenters. The van der Waals surface area contributed by atoms with Gasteiger partial charge in [0, 0.05) is 0 Å². The normalized spacial score (nSPS) is 9.62. The Kier molecular flexibility index (Phi) is 5.19. The number of carbonyl (C=O) groups is 1. The molecule has 0 fully saturated rings. The van der Waals surface area contributed by atoms with Crippen molar-refractivity contribution < 1.29 is 9.21 Å². The van der Waals surface area contributed by atoms with Crippen LogP contribution in [0.25, 0.3) is 0 Å². The molecular formula is C10H8BrNO2S2. The fourth-order valence-electron chi connectivity index (χ4n) is 1.04. The molecule has 6 heteroatoms. The van der Waals surface area contributed by atoms with Crippen LogP contribution >= 0.6 is 39.5 Å². The Hall–Kier alpha value is -0.640. The van der Waals surface area contributed by atoms with E-state index < -0.39 is 0 Å². The fraction of sp³-hybridized carbons (Fsp3) is 0.200. The van der Waals surface area contributed by atoms with Crippen molar-refractivity contribution >= 4 is 45.2 Å². The monoisotopic (exact) mass is 317 g/mol. The Balaban J connectivity index is 3.13. The summed E-state index contributed by atoms with van der Waals surface area (Å²) in [7, 11) is 0. The zero-order valence-electron chi connectivity index (χ0n) is 8.61. The van der Waals surface area contributed by atoms with Gasteiger partial charge in [-0.15, -0.1) is 23.5 Å². The maximum atomic E-state index is 11.9. The number of ketones is 1. The molecule has 0 saturated carbocycles. The van der Waals surface area contributed by atoms with Gasteiger partial charge in [-0.2, -0.15) is 5.26 Å². The fourth-order valence-corrected chi connectivity index (χ4v) is 2.69. The van der Waals surface area contributed by atoms with Crippen LogP contribution < -0.4 is 0 Å². The van der Waals surface area contributed by atoms with Crippen LogP contribution in [-0.4, -0.2) is 18.3 Å². The summed E-state index contributed by atoms with van der Waals surface area (Å²) in [5.41, 5.74) is 0.127. The van der Waals surface area contributed by atoms with Gasteiger partial charge in [-0.3, -0.25) is 4.79 Å². The molecule has 1 rings (SSSR count). The topological polar surface area (TPSA) is 54.0 Å². The van der Waals surface area contributed by atoms with Crippen LogP contribution in [0.2, 0.25) is 0 Å². The van der Waals surface area contributed by atoms with E-state index in [1.165, 1.54) is 23.5 Å². The zero-order valence-corrected chi connectivity index (χ0v) is 11.8. The number of thioether (sulfide) groups is 2. The molecule has 84 valence electrons. The number of Topliss-reactive ketones (excluding diaryl/α,β-unsaturated/α-hetero) is 1. The van der Waals surface area contributed by atoms with E-state index in [0.717, 1.165) is 0 Å². The third-order valence-electron chi connectivity index (χ3n) is 1.71. The third-order valence-corrected chi connectivity index (χ3v) is 4.29. The van der Waals surface area contributed by atoms with E-state index in [4.69, 9.17) is 9.68 Å². The molecule has 0 aliphatic heterocycles. The molecule has 0 aliphatic rings. The first-order valence-corrected chi connectivity index (χ1v) is 7.40. The summed E-state index contributed by atoms with van der Waals surface area (Å²) in [5, 5.41) is 8.99. The van der Waals surface area contributed by atoms with Gasteiger partial charge >= 0.3 is 0 Å². The Morgan fingerprint density at radius 3 is 2.44 bits per heavy atom. The lowest BCUT2D eigenvalue weighted by atomic mass is 10.2. The lowest BCUT2D eigenvalue weighted by molar-refractivity contribution is 0.101. The maximum absolute atomic E-state index is 11.9. The number of hydrogen-bond donors (Lipinski definition) is 0. The molecule has 0 amide bonds. The van der Waals surface area contributed by atoms with Gasteiger partial charge in [0.2, 0.25) is 5.78 Å². The molecule has 1 aromatic heterocycles. The largest absolute Gasteiger partial charge is 0.446 e. The van der Waals surface area contributed by atoms with Gasteiger partial charge in [-0.25, -0.2) is 0 Å². The van der Waals surface area contributed by atoms with Gasteiger partial charge < -0.3 is 4.42 Å². The summed E-state index contributed by atoms with van der Waals surface area (Å²) >= 11 is 5.87. The molecule has 0 spiro atoms. The predicted octanol–water partition coefficient (Wildman–Crippen LogP) is 3.69. The second kappa shape index (κ2) is 6.18. The second-order valence-electron chi connectivity index (χ2n) is 2.62. The van der Waals surface area contributed by atoms with E-state index in [0.29, 0.717) is 8.91 Å². The molecule has 1 aromatic rings. The van der Waals surface area contributed by atoms with Crippen molar-refractivity contribution in [2.75, 3.05) is 12.5 Å². The highest BCUT2D eigenvalue weighted by Gasteiger charge is 2.19. The smallest absolute Gasteiger partial charge is 0.240 e. The van der Waals surface area contributed by atoms with Crippen LogP contribution in [0, 0.1) is 11.3 Å². The van der Waals surface area contributed by atoms with Crippen LogP contribution in [0.15, 0.2) is 31.0 Å². The summed E-state index contributed by atoms with van der Waals surface area (Å²) < 4.78 is 6.30. The first-order chi connectivity index (χ1) is 7.63. The Bertz CT molecular complexity index is 467. The van der Waals surface area contributed by atoms with Crippen molar-refractivity contribution in [3.63, 3.8) is 0 Å². The minimum absolute atomic E-state index is 0.127. The Morgan fingerprint density at radius 2 is 2.06 bits per heavy atom. The summed E-state index contributed by atoms with van der Waals surface area (Å²) in [6, 6.07) is 5.09. The summed E-state index contributed by atoms with van der Waals surface area (Å²) in [4.78, 5) is 11.9. The molecule has 0 aliphatic carbocycles. The van der Waals surface area contributed by atoms with E-state index in [9.17, 15) is 4.79 Å². The molecule has 0 N–H and O–H groups in total. The molecule has 16 heavy (non-hydrogen) atoms. The number of carbonyl (C=O) groups excluding carboxylic acids is 1. The molecule has 1 heterocycles. The molecule has 0 saturated heterocycles. The minimum Gasteiger partial charge on any atom is -0.446 e. The van der Waals surface area contributed by atoms with Crippen LogP contribution in [-0.2, 0) is 0 Å². The van der Waals surface area contributed by atoms with Gasteiger partial charge in [0.25, 0.3) is 0 Å². The highest BCUT2D eigenvalue weighted by atomic mass is 79.9. The molecule has 0 aromatic carbocycles. The highest BCUT2D eigenvalue weighted by molar-refractivity contribution is 9.10. The van der Waals surface area contributed by atoms with Gasteiger partial charge in [0.15, 0.2) is 10.4 Å². The van der Waals surface area contributed by atoms with E-state index in [2.05, 4.69) is 15.9 Å². The van der Waals surface area contributed by atoms with E-state index in [-0.39, 0.29) is 17.1 Å². The third kappa shape index (κ3) is 2.94. The number of hydrogen-bond acceptors (Lipinski definition) is 5. The standard InChI is InChI=1S/C10H8BrNO2S2/c1-15-10(16-2)6(5-12)9(13)7-3-4-8(11)14-7/h3-4H,1-2H3. The van der Waals surface area contributed by atoms with Crippen LogP contribution in [0.3, 0.4) is 0 Å². The quantitative estimate of drug-likeness (QED) is 0.481. The number of rotatable bonds is 4. The van der Waals surface area contributed by atoms with Crippen molar-refractivity contribution in [2.24, 2.45) is 0 Å². The average molecular weight is 318 g/mol. The number of furan rings is 1. The van der Waals surface area contributed by atoms with E-state index >= 15 is 0 Å². The maximum Gasteiger partial charge on any atom is 0.240 e. The first-order valence-electron chi connectivity index (χ1n) is 4.16. The van der Waals surface area contributed by atoms with Gasteiger partial charge in [0.1, 0.15) is 11.6 Å². The van der Waals surface area contributed by atoms with Crippen molar-refractivity contribution in [1.82, 2.24) is 0 Å². The molecule has 0 atom stereocenters. The van der Waals surface area contributed by atoms with Crippen molar-refractivity contribution in [1.29, 1.82) is 5.26 Å². The van der Waals surface area contributed by atoms with Crippen molar-refractivity contribution in [2.45, 2.75) is 0 Å². The SMILES string of the molecule is CSC(SC)=C(C#N)C(=O)c1ccc(Br)o1. The Morgan fingerprint density at radius 1 is 1.44 bits per heavy atom. The average Bonchev–Trinajstić information content (AvgIpc) is 2.71. The van der Waals surface area contributed by atoms with E-state index in [1.54, 1.807) is 12.1 Å². The van der Waals surface area contributed by atoms with Crippen LogP contribution in [0.5, 0.6) is 0 Å². The van der Waals surface area contributed by atoms with E-state index in [1.807, 2.05) is 18.6 Å². The number of halogens is 1. The van der Waals surface area contributed by atoms with Crippen LogP contribution in [0.1, 0.15) is 10.6 Å². The number of allylic oxidation sites excluding steroid dienone is 1. The van der Waals surface area contributed by atoms with Gasteiger partial charge in [-0.1, -0.05) is 0 Å². The second-order valence-corrected chi connectivity index (χ2v) is 5.29. The number of nitriles is 1. The molecular weight excluding hydrogens is 310 g/mol. The summed E-state index contributed by atoms with van der Waals surface area (Å²) in [6.07, 6.45) is 3.66. The number of nitrogens with zero attached hydrogens (tertiary/aromatic N) is 1. The zero-order chi connectivity index (χ0) is 12.1. The highest BCUT2D eigenvalue weighted by Crippen LogP contribution is 2.29. The van der Waals surface area contributed by atoms with Crippen molar-refractivity contribution in [3.05, 3.63) is 32.4 Å². The van der Waals surface area contributed by atoms with Crippen LogP contribution in [0.4, 0.5) is 0 Å². The summed E-state index contributed by atoms with van der Waals surface area (Å²) in [5.74, 6) is -0.212. The summed E-state index contributed by atoms with van der Waals surface area (Å²) in [6.45, 7) is 0. The molecule has 3 nitrogen and oxygen atoms in total.